The molecule has 1 aromatic carbocycles. The van der Waals surface area contributed by atoms with Crippen molar-refractivity contribution >= 4 is 42.7 Å². The number of anilines is 1. The van der Waals surface area contributed by atoms with Gasteiger partial charge in [0.05, 0.1) is 4.90 Å². The number of piperidine rings is 1. The van der Waals surface area contributed by atoms with Crippen molar-refractivity contribution in [2.24, 2.45) is 5.92 Å². The minimum Gasteiger partial charge on any atom is -0.344 e. The number of benzene rings is 1. The van der Waals surface area contributed by atoms with Gasteiger partial charge in [-0.25, -0.2) is 18.4 Å². The van der Waals surface area contributed by atoms with Crippen LogP contribution in [0.1, 0.15) is 24.0 Å². The maximum Gasteiger partial charge on any atom is 0.243 e. The van der Waals surface area contributed by atoms with E-state index in [-0.39, 0.29) is 11.8 Å². The van der Waals surface area contributed by atoms with Gasteiger partial charge in [0.25, 0.3) is 0 Å². The van der Waals surface area contributed by atoms with Crippen molar-refractivity contribution in [1.82, 2.24) is 19.2 Å². The van der Waals surface area contributed by atoms with Crippen LogP contribution in [0.15, 0.2) is 41.4 Å². The Bertz CT molecular complexity index is 1270. The third kappa shape index (κ3) is 4.42. The predicted octanol–water partition coefficient (Wildman–Crippen LogP) is 3.06. The fraction of sp³-hybridized carbons (Fsp3) is 0.458. The van der Waals surface area contributed by atoms with Crippen LogP contribution < -0.4 is 4.90 Å². The number of thiazole rings is 1. The lowest BCUT2D eigenvalue weighted by atomic mass is 9.96. The van der Waals surface area contributed by atoms with Gasteiger partial charge in [0, 0.05) is 51.4 Å². The normalized spacial score (nSPS) is 18.5. The highest BCUT2D eigenvalue weighted by molar-refractivity contribution is 7.89. The Hall–Kier alpha value is -2.56. The van der Waals surface area contributed by atoms with Crippen molar-refractivity contribution in [1.29, 1.82) is 0 Å². The molecular formula is C24H29N5O3S2. The number of carbonyl (C=O) groups excluding carboxylic acids is 1. The van der Waals surface area contributed by atoms with Crippen LogP contribution in [0.3, 0.4) is 0 Å². The highest BCUT2D eigenvalue weighted by Gasteiger charge is 2.35. The summed E-state index contributed by atoms with van der Waals surface area (Å²) in [6.07, 6.45) is 2.90. The van der Waals surface area contributed by atoms with E-state index in [1.54, 1.807) is 29.7 Å². The topological polar surface area (TPSA) is 86.7 Å². The molecule has 0 N–H and O–H groups in total. The molecule has 10 heteroatoms. The van der Waals surface area contributed by atoms with E-state index >= 15 is 0 Å². The molecule has 8 nitrogen and oxygen atoms in total. The van der Waals surface area contributed by atoms with E-state index in [0.717, 1.165) is 39.7 Å². The van der Waals surface area contributed by atoms with Crippen LogP contribution in [0.5, 0.6) is 0 Å². The monoisotopic (exact) mass is 499 g/mol. The summed E-state index contributed by atoms with van der Waals surface area (Å²) in [5, 5.41) is 0.950. The molecule has 0 spiro atoms. The van der Waals surface area contributed by atoms with E-state index in [1.807, 2.05) is 36.9 Å². The molecular weight excluding hydrogens is 470 g/mol. The van der Waals surface area contributed by atoms with Gasteiger partial charge >= 0.3 is 0 Å². The lowest BCUT2D eigenvalue weighted by Crippen LogP contribution is -2.52. The van der Waals surface area contributed by atoms with Gasteiger partial charge < -0.3 is 9.80 Å². The van der Waals surface area contributed by atoms with Gasteiger partial charge in [-0.15, -0.1) is 0 Å². The summed E-state index contributed by atoms with van der Waals surface area (Å²) in [6.45, 7) is 7.45. The lowest BCUT2D eigenvalue weighted by molar-refractivity contribution is -0.137. The number of pyridine rings is 1. The van der Waals surface area contributed by atoms with Crippen molar-refractivity contribution < 1.29 is 13.2 Å². The number of rotatable bonds is 4. The second-order valence-corrected chi connectivity index (χ2v) is 12.0. The number of nitrogens with zero attached hydrogens (tertiary/aromatic N) is 5. The van der Waals surface area contributed by atoms with E-state index < -0.39 is 10.0 Å². The Labute approximate surface area is 204 Å². The summed E-state index contributed by atoms with van der Waals surface area (Å²) in [4.78, 5) is 27.6. The van der Waals surface area contributed by atoms with Gasteiger partial charge in [-0.3, -0.25) is 4.79 Å². The second kappa shape index (κ2) is 9.24. The van der Waals surface area contributed by atoms with Gasteiger partial charge in [0.2, 0.25) is 15.9 Å². The van der Waals surface area contributed by atoms with Crippen LogP contribution in [-0.2, 0) is 14.8 Å². The Morgan fingerprint density at radius 3 is 2.41 bits per heavy atom. The number of carbonyl (C=O) groups is 1. The van der Waals surface area contributed by atoms with E-state index in [0.29, 0.717) is 43.9 Å². The zero-order valence-corrected chi connectivity index (χ0v) is 21.1. The van der Waals surface area contributed by atoms with Gasteiger partial charge in [-0.05, 0) is 62.1 Å². The zero-order valence-electron chi connectivity index (χ0n) is 19.5. The Balaban J connectivity index is 1.16. The van der Waals surface area contributed by atoms with Crippen molar-refractivity contribution in [3.63, 3.8) is 0 Å². The van der Waals surface area contributed by atoms with E-state index in [1.165, 1.54) is 4.31 Å². The number of amides is 1. The molecule has 2 aromatic heterocycles. The van der Waals surface area contributed by atoms with Crippen molar-refractivity contribution in [3.8, 4) is 0 Å². The zero-order chi connectivity index (χ0) is 23.9. The minimum absolute atomic E-state index is 0.121. The Morgan fingerprint density at radius 2 is 1.74 bits per heavy atom. The molecule has 2 saturated heterocycles. The summed E-state index contributed by atoms with van der Waals surface area (Å²) >= 11 is 1.58. The average Bonchev–Trinajstić information content (AvgIpc) is 3.30. The number of hydrogen-bond donors (Lipinski definition) is 0. The second-order valence-electron chi connectivity index (χ2n) is 9.06. The SMILES string of the molecule is Cc1ccc(S(=O)(=O)N2CCC(C(=O)N3CCN(c4nc5cccnc5s4)CC3)CC2)cc1C. The van der Waals surface area contributed by atoms with E-state index in [4.69, 9.17) is 0 Å². The highest BCUT2D eigenvalue weighted by Crippen LogP contribution is 2.29. The standard InChI is InChI=1S/C24H29N5O3S2/c1-17-5-6-20(16-18(17)2)34(31,32)29-10-7-19(8-11-29)23(30)27-12-14-28(15-13-27)24-26-21-4-3-9-25-22(21)33-24/h3-6,9,16,19H,7-8,10-15H2,1-2H3. The van der Waals surface area contributed by atoms with Crippen molar-refractivity contribution in [2.45, 2.75) is 31.6 Å². The third-order valence-electron chi connectivity index (χ3n) is 6.94. The fourth-order valence-corrected chi connectivity index (χ4v) is 7.15. The molecule has 2 aliphatic rings. The number of piperazine rings is 1. The molecule has 5 rings (SSSR count). The number of aryl methyl sites for hydroxylation is 2. The first kappa shape index (κ1) is 23.2. The third-order valence-corrected chi connectivity index (χ3v) is 9.87. The van der Waals surface area contributed by atoms with Crippen LogP contribution in [-0.4, -0.2) is 72.8 Å². The number of sulfonamides is 1. The number of aromatic nitrogens is 2. The minimum atomic E-state index is -3.53. The summed E-state index contributed by atoms with van der Waals surface area (Å²) < 4.78 is 27.7. The van der Waals surface area contributed by atoms with Crippen LogP contribution in [0, 0.1) is 19.8 Å². The predicted molar refractivity (Wildman–Crippen MR) is 134 cm³/mol. The fourth-order valence-electron chi connectivity index (χ4n) is 4.64. The molecule has 34 heavy (non-hydrogen) atoms. The van der Waals surface area contributed by atoms with Crippen molar-refractivity contribution in [2.75, 3.05) is 44.2 Å². The molecule has 2 aliphatic heterocycles. The molecule has 0 atom stereocenters. The molecule has 180 valence electrons. The van der Waals surface area contributed by atoms with Gasteiger partial charge in [0.15, 0.2) is 5.13 Å². The van der Waals surface area contributed by atoms with E-state index in [9.17, 15) is 13.2 Å². The maximum atomic E-state index is 13.2. The molecule has 0 radical (unpaired) electrons. The smallest absolute Gasteiger partial charge is 0.243 e. The quantitative estimate of drug-likeness (QED) is 0.548. The molecule has 0 aliphatic carbocycles. The first-order valence-electron chi connectivity index (χ1n) is 11.7. The van der Waals surface area contributed by atoms with Crippen LogP contribution in [0.25, 0.3) is 10.3 Å². The molecule has 1 amide bonds. The summed E-state index contributed by atoms with van der Waals surface area (Å²) in [5.74, 6) is 0.0262. The van der Waals surface area contributed by atoms with Crippen LogP contribution in [0.4, 0.5) is 5.13 Å². The molecule has 2 fully saturated rings. The molecule has 0 saturated carbocycles. The van der Waals surface area contributed by atoms with Crippen molar-refractivity contribution in [3.05, 3.63) is 47.7 Å². The highest BCUT2D eigenvalue weighted by atomic mass is 32.2. The van der Waals surface area contributed by atoms with Gasteiger partial charge in [0.1, 0.15) is 10.3 Å². The number of fused-ring (bicyclic) bond motifs is 1. The van der Waals surface area contributed by atoms with Crippen LogP contribution in [0.2, 0.25) is 0 Å². The molecule has 0 bridgehead atoms. The largest absolute Gasteiger partial charge is 0.344 e. The Kier molecular flexibility index (Phi) is 6.30. The van der Waals surface area contributed by atoms with E-state index in [2.05, 4.69) is 14.9 Å². The van der Waals surface area contributed by atoms with Gasteiger partial charge in [-0.1, -0.05) is 17.4 Å². The number of hydrogen-bond acceptors (Lipinski definition) is 7. The van der Waals surface area contributed by atoms with Crippen LogP contribution >= 0.6 is 11.3 Å². The lowest BCUT2D eigenvalue weighted by Gasteiger charge is -2.38. The summed E-state index contributed by atoms with van der Waals surface area (Å²) in [5.41, 5.74) is 2.94. The maximum absolute atomic E-state index is 13.2. The molecule has 0 unspecified atom stereocenters. The first-order valence-corrected chi connectivity index (χ1v) is 13.9. The van der Waals surface area contributed by atoms with Gasteiger partial charge in [-0.2, -0.15) is 4.31 Å². The Morgan fingerprint density at radius 1 is 1.00 bits per heavy atom. The first-order chi connectivity index (χ1) is 16.3. The summed E-state index contributed by atoms with van der Waals surface area (Å²) in [7, 11) is -3.53. The summed E-state index contributed by atoms with van der Waals surface area (Å²) in [6, 6.07) is 9.12. The molecule has 4 heterocycles. The average molecular weight is 500 g/mol. The molecule has 3 aromatic rings.